The molecule has 0 spiro atoms. The molecule has 1 N–H and O–H groups in total. The summed E-state index contributed by atoms with van der Waals surface area (Å²) in [6, 6.07) is 4.39. The van der Waals surface area contributed by atoms with Crippen LogP contribution in [0.3, 0.4) is 0 Å². The monoisotopic (exact) mass is 295 g/mol. The normalized spacial score (nSPS) is 21.1. The van der Waals surface area contributed by atoms with Crippen molar-refractivity contribution in [3.8, 4) is 0 Å². The molecule has 1 aliphatic carbocycles. The van der Waals surface area contributed by atoms with Crippen molar-refractivity contribution in [3.05, 3.63) is 40.7 Å². The molecule has 0 atom stereocenters. The Morgan fingerprint density at radius 3 is 2.75 bits per heavy atom. The SMILES string of the molecule is O=C(C=Cc1c(F)cccc1Cl)N1CC(O)(C2CC2)C1. The molecular weight excluding hydrogens is 281 g/mol. The van der Waals surface area contributed by atoms with Gasteiger partial charge in [-0.1, -0.05) is 17.7 Å². The zero-order valence-corrected chi connectivity index (χ0v) is 11.6. The van der Waals surface area contributed by atoms with Gasteiger partial charge in [-0.15, -0.1) is 0 Å². The van der Waals surface area contributed by atoms with Crippen LogP contribution >= 0.6 is 11.6 Å². The molecule has 1 aromatic carbocycles. The van der Waals surface area contributed by atoms with E-state index < -0.39 is 11.4 Å². The Morgan fingerprint density at radius 2 is 2.15 bits per heavy atom. The maximum absolute atomic E-state index is 13.5. The van der Waals surface area contributed by atoms with Crippen molar-refractivity contribution < 1.29 is 14.3 Å². The highest BCUT2D eigenvalue weighted by molar-refractivity contribution is 6.32. The topological polar surface area (TPSA) is 40.5 Å². The Balaban J connectivity index is 1.64. The van der Waals surface area contributed by atoms with Crippen LogP contribution in [0.2, 0.25) is 5.02 Å². The van der Waals surface area contributed by atoms with E-state index in [-0.39, 0.29) is 16.5 Å². The first-order valence-electron chi connectivity index (χ1n) is 6.63. The van der Waals surface area contributed by atoms with E-state index >= 15 is 0 Å². The van der Waals surface area contributed by atoms with Gasteiger partial charge in [-0.05, 0) is 37.0 Å². The number of benzene rings is 1. The molecule has 0 radical (unpaired) electrons. The van der Waals surface area contributed by atoms with Crippen molar-refractivity contribution in [3.63, 3.8) is 0 Å². The summed E-state index contributed by atoms with van der Waals surface area (Å²) in [7, 11) is 0. The number of nitrogens with zero attached hydrogens (tertiary/aromatic N) is 1. The molecule has 1 aliphatic heterocycles. The van der Waals surface area contributed by atoms with Gasteiger partial charge in [0, 0.05) is 11.6 Å². The van der Waals surface area contributed by atoms with E-state index in [1.54, 1.807) is 11.0 Å². The number of carbonyl (C=O) groups excluding carboxylic acids is 1. The first kappa shape index (κ1) is 13.6. The number of likely N-dealkylation sites (tertiary alicyclic amines) is 1. The fourth-order valence-corrected chi connectivity index (χ4v) is 2.81. The summed E-state index contributed by atoms with van der Waals surface area (Å²) >= 11 is 5.88. The van der Waals surface area contributed by atoms with Crippen LogP contribution in [0.5, 0.6) is 0 Å². The van der Waals surface area contributed by atoms with E-state index in [0.29, 0.717) is 19.0 Å². The van der Waals surface area contributed by atoms with Crippen LogP contribution in [-0.4, -0.2) is 34.6 Å². The molecule has 1 saturated carbocycles. The third-order valence-corrected chi connectivity index (χ3v) is 4.30. The molecule has 1 amide bonds. The van der Waals surface area contributed by atoms with Crippen molar-refractivity contribution in [1.29, 1.82) is 0 Å². The van der Waals surface area contributed by atoms with Crippen LogP contribution in [0.1, 0.15) is 18.4 Å². The van der Waals surface area contributed by atoms with Crippen molar-refractivity contribution in [2.24, 2.45) is 5.92 Å². The minimum Gasteiger partial charge on any atom is -0.386 e. The molecule has 5 heteroatoms. The fraction of sp³-hybridized carbons (Fsp3) is 0.400. The third-order valence-electron chi connectivity index (χ3n) is 3.97. The maximum atomic E-state index is 13.5. The van der Waals surface area contributed by atoms with E-state index in [9.17, 15) is 14.3 Å². The number of β-amino-alcohol motifs (C(OH)–C–C–N with tert-alkyl or cyclic N) is 1. The van der Waals surface area contributed by atoms with Crippen LogP contribution in [-0.2, 0) is 4.79 Å². The number of hydrogen-bond acceptors (Lipinski definition) is 2. The van der Waals surface area contributed by atoms with E-state index in [2.05, 4.69) is 0 Å². The summed E-state index contributed by atoms with van der Waals surface area (Å²) in [6.45, 7) is 0.734. The highest BCUT2D eigenvalue weighted by Gasteiger charge is 2.52. The molecule has 2 fully saturated rings. The van der Waals surface area contributed by atoms with E-state index in [0.717, 1.165) is 12.8 Å². The average Bonchev–Trinajstić information content (AvgIpc) is 3.18. The second-order valence-corrected chi connectivity index (χ2v) is 5.95. The van der Waals surface area contributed by atoms with Crippen molar-refractivity contribution in [1.82, 2.24) is 4.90 Å². The lowest BCUT2D eigenvalue weighted by molar-refractivity contribution is -0.154. The smallest absolute Gasteiger partial charge is 0.246 e. The molecule has 106 valence electrons. The van der Waals surface area contributed by atoms with Gasteiger partial charge in [0.2, 0.25) is 5.91 Å². The predicted octanol–water partition coefficient (Wildman–Crippen LogP) is 2.48. The standard InChI is InChI=1S/C15H15ClFNO2/c16-12-2-1-3-13(17)11(12)6-7-14(19)18-8-15(20,9-18)10-4-5-10/h1-3,6-7,10,20H,4-5,8-9H2. The molecule has 3 rings (SSSR count). The number of aliphatic hydroxyl groups is 1. The highest BCUT2D eigenvalue weighted by Crippen LogP contribution is 2.44. The molecule has 0 bridgehead atoms. The third kappa shape index (κ3) is 2.45. The van der Waals surface area contributed by atoms with Gasteiger partial charge >= 0.3 is 0 Å². The second-order valence-electron chi connectivity index (χ2n) is 5.54. The zero-order valence-electron chi connectivity index (χ0n) is 10.9. The van der Waals surface area contributed by atoms with Gasteiger partial charge in [0.05, 0.1) is 18.1 Å². The van der Waals surface area contributed by atoms with Gasteiger partial charge in [-0.3, -0.25) is 4.79 Å². The summed E-state index contributed by atoms with van der Waals surface area (Å²) in [5.41, 5.74) is -0.487. The Kier molecular flexibility index (Phi) is 3.30. The summed E-state index contributed by atoms with van der Waals surface area (Å²) in [6.07, 6.45) is 4.77. The van der Waals surface area contributed by atoms with Crippen LogP contribution in [0.4, 0.5) is 4.39 Å². The average molecular weight is 296 g/mol. The van der Waals surface area contributed by atoms with Crippen molar-refractivity contribution >= 4 is 23.6 Å². The maximum Gasteiger partial charge on any atom is 0.246 e. The lowest BCUT2D eigenvalue weighted by Gasteiger charge is -2.46. The fourth-order valence-electron chi connectivity index (χ4n) is 2.58. The van der Waals surface area contributed by atoms with Gasteiger partial charge in [0.1, 0.15) is 11.4 Å². The van der Waals surface area contributed by atoms with Crippen LogP contribution in [0.15, 0.2) is 24.3 Å². The Hall–Kier alpha value is -1.39. The Bertz CT molecular complexity index is 557. The molecule has 0 unspecified atom stereocenters. The summed E-state index contributed by atoms with van der Waals surface area (Å²) in [5, 5.41) is 10.4. The van der Waals surface area contributed by atoms with E-state index in [1.165, 1.54) is 24.3 Å². The van der Waals surface area contributed by atoms with Gasteiger partial charge in [0.15, 0.2) is 0 Å². The van der Waals surface area contributed by atoms with Crippen molar-refractivity contribution in [2.75, 3.05) is 13.1 Å². The number of halogens is 2. The Morgan fingerprint density at radius 1 is 1.45 bits per heavy atom. The highest BCUT2D eigenvalue weighted by atomic mass is 35.5. The van der Waals surface area contributed by atoms with Gasteiger partial charge in [0.25, 0.3) is 0 Å². The lowest BCUT2D eigenvalue weighted by atomic mass is 9.88. The first-order valence-corrected chi connectivity index (χ1v) is 7.01. The number of carbonyl (C=O) groups is 1. The first-order chi connectivity index (χ1) is 9.49. The molecule has 0 aromatic heterocycles. The Labute approximate surface area is 121 Å². The van der Waals surface area contributed by atoms with Gasteiger partial charge in [-0.2, -0.15) is 0 Å². The minimum absolute atomic E-state index is 0.209. The number of rotatable bonds is 3. The lowest BCUT2D eigenvalue weighted by Crippen LogP contribution is -2.64. The minimum atomic E-state index is -0.695. The quantitative estimate of drug-likeness (QED) is 0.870. The molecule has 1 heterocycles. The van der Waals surface area contributed by atoms with Crippen LogP contribution in [0.25, 0.3) is 6.08 Å². The summed E-state index contributed by atoms with van der Waals surface area (Å²) in [4.78, 5) is 13.5. The summed E-state index contributed by atoms with van der Waals surface area (Å²) < 4.78 is 13.5. The van der Waals surface area contributed by atoms with Crippen molar-refractivity contribution in [2.45, 2.75) is 18.4 Å². The van der Waals surface area contributed by atoms with Gasteiger partial charge < -0.3 is 10.0 Å². The molecular formula is C15H15ClFNO2. The molecule has 3 nitrogen and oxygen atoms in total. The zero-order chi connectivity index (χ0) is 14.3. The molecule has 1 aromatic rings. The second kappa shape index (κ2) is 4.86. The van der Waals surface area contributed by atoms with E-state index in [1.807, 2.05) is 0 Å². The van der Waals surface area contributed by atoms with Gasteiger partial charge in [-0.25, -0.2) is 4.39 Å². The number of amides is 1. The summed E-state index contributed by atoms with van der Waals surface area (Å²) in [5.74, 6) is -0.342. The molecule has 20 heavy (non-hydrogen) atoms. The number of hydrogen-bond donors (Lipinski definition) is 1. The van der Waals surface area contributed by atoms with Crippen LogP contribution in [0, 0.1) is 11.7 Å². The molecule has 2 aliphatic rings. The largest absolute Gasteiger partial charge is 0.386 e. The van der Waals surface area contributed by atoms with E-state index in [4.69, 9.17) is 11.6 Å². The molecule has 1 saturated heterocycles. The van der Waals surface area contributed by atoms with Crippen LogP contribution < -0.4 is 0 Å². The predicted molar refractivity (Wildman–Crippen MR) is 74.7 cm³/mol.